The van der Waals surface area contributed by atoms with Gasteiger partial charge in [-0.1, -0.05) is 0 Å². The molecule has 0 bridgehead atoms. The second-order valence-electron chi connectivity index (χ2n) is 4.85. The predicted octanol–water partition coefficient (Wildman–Crippen LogP) is 1.84. The number of nitrogens with one attached hydrogen (secondary N) is 1. The molecule has 1 aliphatic carbocycles. The molecule has 1 aliphatic rings. The van der Waals surface area contributed by atoms with Gasteiger partial charge in [0.05, 0.1) is 6.10 Å². The van der Waals surface area contributed by atoms with Crippen molar-refractivity contribution >= 4 is 5.91 Å². The summed E-state index contributed by atoms with van der Waals surface area (Å²) in [5.41, 5.74) is 0. The number of aliphatic hydroxyl groups is 1. The van der Waals surface area contributed by atoms with Gasteiger partial charge >= 0.3 is 0 Å². The number of aliphatic hydroxyl groups excluding tert-OH is 1. The van der Waals surface area contributed by atoms with Crippen LogP contribution in [0.2, 0.25) is 0 Å². The number of carbonyl (C=O) groups is 1. The molecule has 1 fully saturated rings. The fourth-order valence-electron chi connectivity index (χ4n) is 2.34. The molecular weight excluding hydrogens is 190 g/mol. The first-order chi connectivity index (χ1) is 7.08. The summed E-state index contributed by atoms with van der Waals surface area (Å²) in [7, 11) is 0. The van der Waals surface area contributed by atoms with Crippen LogP contribution in [0.4, 0.5) is 0 Å². The maximum Gasteiger partial charge on any atom is 0.217 e. The summed E-state index contributed by atoms with van der Waals surface area (Å²) in [6.07, 6.45) is 6.38. The van der Waals surface area contributed by atoms with Crippen LogP contribution in [0.15, 0.2) is 0 Å². The Balaban J connectivity index is 2.11. The van der Waals surface area contributed by atoms with Gasteiger partial charge in [0.1, 0.15) is 0 Å². The zero-order valence-corrected chi connectivity index (χ0v) is 9.83. The molecule has 0 aliphatic heterocycles. The Morgan fingerprint density at radius 2 is 2.00 bits per heavy atom. The van der Waals surface area contributed by atoms with Gasteiger partial charge in [-0.05, 0) is 51.4 Å². The van der Waals surface area contributed by atoms with Crippen LogP contribution in [-0.2, 0) is 4.79 Å². The molecular formula is C12H23NO2. The lowest BCUT2D eigenvalue weighted by Crippen LogP contribution is -2.31. The number of amides is 1. The van der Waals surface area contributed by atoms with Crippen molar-refractivity contribution in [2.45, 2.75) is 64.5 Å². The molecule has 15 heavy (non-hydrogen) atoms. The minimum absolute atomic E-state index is 0.0570. The first-order valence-corrected chi connectivity index (χ1v) is 6.03. The number of carbonyl (C=O) groups excluding carboxylic acids is 1. The Labute approximate surface area is 92.3 Å². The fourth-order valence-corrected chi connectivity index (χ4v) is 2.34. The maximum atomic E-state index is 10.8. The van der Waals surface area contributed by atoms with Crippen molar-refractivity contribution in [3.05, 3.63) is 0 Å². The first-order valence-electron chi connectivity index (χ1n) is 6.03. The van der Waals surface area contributed by atoms with Crippen LogP contribution < -0.4 is 5.32 Å². The molecule has 0 saturated heterocycles. The summed E-state index contributed by atoms with van der Waals surface area (Å²) >= 11 is 0. The average Bonchev–Trinajstić information content (AvgIpc) is 2.16. The van der Waals surface area contributed by atoms with Gasteiger partial charge in [-0.3, -0.25) is 4.79 Å². The third kappa shape index (κ3) is 5.17. The second kappa shape index (κ2) is 6.11. The Morgan fingerprint density at radius 1 is 1.40 bits per heavy atom. The van der Waals surface area contributed by atoms with E-state index in [0.717, 1.165) is 38.0 Å². The van der Waals surface area contributed by atoms with E-state index in [-0.39, 0.29) is 18.1 Å². The van der Waals surface area contributed by atoms with Crippen LogP contribution in [-0.4, -0.2) is 23.2 Å². The molecule has 0 heterocycles. The normalized spacial score (nSPS) is 28.5. The zero-order valence-electron chi connectivity index (χ0n) is 9.83. The Morgan fingerprint density at radius 3 is 2.53 bits per heavy atom. The third-order valence-corrected chi connectivity index (χ3v) is 3.27. The molecule has 1 rings (SSSR count). The smallest absolute Gasteiger partial charge is 0.217 e. The van der Waals surface area contributed by atoms with Crippen molar-refractivity contribution in [3.63, 3.8) is 0 Å². The van der Waals surface area contributed by atoms with Crippen LogP contribution in [0.1, 0.15) is 52.4 Å². The van der Waals surface area contributed by atoms with Crippen LogP contribution in [0, 0.1) is 5.92 Å². The lowest BCUT2D eigenvalue weighted by molar-refractivity contribution is -0.119. The lowest BCUT2D eigenvalue weighted by atomic mass is 9.84. The minimum Gasteiger partial charge on any atom is -0.393 e. The van der Waals surface area contributed by atoms with Gasteiger partial charge < -0.3 is 10.4 Å². The quantitative estimate of drug-likeness (QED) is 0.748. The van der Waals surface area contributed by atoms with Crippen LogP contribution >= 0.6 is 0 Å². The SMILES string of the molecule is CC(=O)N[C@@H](C)CCC1CCC(O)CC1. The molecule has 2 N–H and O–H groups in total. The van der Waals surface area contributed by atoms with Crippen molar-refractivity contribution in [3.8, 4) is 0 Å². The molecule has 0 unspecified atom stereocenters. The highest BCUT2D eigenvalue weighted by atomic mass is 16.3. The van der Waals surface area contributed by atoms with E-state index in [4.69, 9.17) is 0 Å². The highest BCUT2D eigenvalue weighted by molar-refractivity contribution is 5.73. The van der Waals surface area contributed by atoms with E-state index in [1.165, 1.54) is 6.42 Å². The molecule has 3 heteroatoms. The predicted molar refractivity (Wildman–Crippen MR) is 60.5 cm³/mol. The Bertz CT molecular complexity index is 198. The van der Waals surface area contributed by atoms with Crippen LogP contribution in [0.3, 0.4) is 0 Å². The standard InChI is InChI=1S/C12H23NO2/c1-9(13-10(2)14)3-4-11-5-7-12(15)8-6-11/h9,11-12,15H,3-8H2,1-2H3,(H,13,14)/t9-,11?,12?/m0/s1. The van der Waals surface area contributed by atoms with Crippen molar-refractivity contribution in [1.82, 2.24) is 5.32 Å². The van der Waals surface area contributed by atoms with Gasteiger partial charge in [0.2, 0.25) is 5.91 Å². The Kier molecular flexibility index (Phi) is 5.09. The van der Waals surface area contributed by atoms with E-state index in [1.807, 2.05) is 0 Å². The monoisotopic (exact) mass is 213 g/mol. The average molecular weight is 213 g/mol. The lowest BCUT2D eigenvalue weighted by Gasteiger charge is -2.26. The third-order valence-electron chi connectivity index (χ3n) is 3.27. The second-order valence-corrected chi connectivity index (χ2v) is 4.85. The molecule has 0 aromatic carbocycles. The molecule has 0 aromatic rings. The van der Waals surface area contributed by atoms with Gasteiger partial charge in [0, 0.05) is 13.0 Å². The van der Waals surface area contributed by atoms with Crippen LogP contribution in [0.25, 0.3) is 0 Å². The van der Waals surface area contributed by atoms with E-state index in [2.05, 4.69) is 12.2 Å². The maximum absolute atomic E-state index is 10.8. The summed E-state index contributed by atoms with van der Waals surface area (Å²) < 4.78 is 0. The molecule has 1 saturated carbocycles. The highest BCUT2D eigenvalue weighted by Gasteiger charge is 2.19. The van der Waals surface area contributed by atoms with Crippen molar-refractivity contribution in [1.29, 1.82) is 0 Å². The molecule has 1 atom stereocenters. The topological polar surface area (TPSA) is 49.3 Å². The van der Waals surface area contributed by atoms with Crippen molar-refractivity contribution in [2.75, 3.05) is 0 Å². The van der Waals surface area contributed by atoms with Gasteiger partial charge in [0.25, 0.3) is 0 Å². The van der Waals surface area contributed by atoms with E-state index in [1.54, 1.807) is 6.92 Å². The minimum atomic E-state index is -0.0611. The molecule has 3 nitrogen and oxygen atoms in total. The fraction of sp³-hybridized carbons (Fsp3) is 0.917. The van der Waals surface area contributed by atoms with E-state index in [0.29, 0.717) is 0 Å². The van der Waals surface area contributed by atoms with Crippen LogP contribution in [0.5, 0.6) is 0 Å². The molecule has 88 valence electrons. The van der Waals surface area contributed by atoms with E-state index >= 15 is 0 Å². The van der Waals surface area contributed by atoms with Gasteiger partial charge in [-0.2, -0.15) is 0 Å². The van der Waals surface area contributed by atoms with Crippen molar-refractivity contribution < 1.29 is 9.90 Å². The van der Waals surface area contributed by atoms with Gasteiger partial charge in [-0.25, -0.2) is 0 Å². The van der Waals surface area contributed by atoms with E-state index < -0.39 is 0 Å². The molecule has 1 amide bonds. The summed E-state index contributed by atoms with van der Waals surface area (Å²) in [6.45, 7) is 3.62. The zero-order chi connectivity index (χ0) is 11.3. The highest BCUT2D eigenvalue weighted by Crippen LogP contribution is 2.27. The number of rotatable bonds is 4. The first kappa shape index (κ1) is 12.5. The molecule has 0 aromatic heterocycles. The number of hydrogen-bond donors (Lipinski definition) is 2. The van der Waals surface area contributed by atoms with E-state index in [9.17, 15) is 9.90 Å². The number of hydrogen-bond acceptors (Lipinski definition) is 2. The Hall–Kier alpha value is -0.570. The van der Waals surface area contributed by atoms with Crippen molar-refractivity contribution in [2.24, 2.45) is 5.92 Å². The molecule has 0 spiro atoms. The van der Waals surface area contributed by atoms with Gasteiger partial charge in [-0.15, -0.1) is 0 Å². The summed E-state index contributed by atoms with van der Waals surface area (Å²) in [4.78, 5) is 10.8. The summed E-state index contributed by atoms with van der Waals surface area (Å²) in [5, 5.41) is 12.3. The van der Waals surface area contributed by atoms with Gasteiger partial charge in [0.15, 0.2) is 0 Å². The summed E-state index contributed by atoms with van der Waals surface area (Å²) in [6, 6.07) is 0.286. The summed E-state index contributed by atoms with van der Waals surface area (Å²) in [5.74, 6) is 0.811. The largest absolute Gasteiger partial charge is 0.393 e. The molecule has 0 radical (unpaired) electrons.